The minimum atomic E-state index is -0.265. The van der Waals surface area contributed by atoms with Crippen LogP contribution in [0.1, 0.15) is 72.6 Å². The normalized spacial score (nSPS) is 49.9. The van der Waals surface area contributed by atoms with Crippen LogP contribution in [0.25, 0.3) is 0 Å². The van der Waals surface area contributed by atoms with Gasteiger partial charge in [-0.1, -0.05) is 26.0 Å². The topological polar surface area (TPSA) is 60.4 Å². The lowest BCUT2D eigenvalue weighted by Crippen LogP contribution is -2.61. The molecule has 4 aliphatic carbocycles. The van der Waals surface area contributed by atoms with Crippen LogP contribution in [0, 0.1) is 52.3 Å². The first-order valence-corrected chi connectivity index (χ1v) is 11.9. The summed E-state index contributed by atoms with van der Waals surface area (Å²) >= 11 is 0. The van der Waals surface area contributed by atoms with Crippen molar-refractivity contribution in [1.29, 1.82) is 0 Å². The molecule has 0 saturated heterocycles. The molecule has 0 aromatic rings. The van der Waals surface area contributed by atoms with Gasteiger partial charge in [-0.3, -0.25) is 4.79 Å². The van der Waals surface area contributed by atoms with E-state index in [1.54, 1.807) is 0 Å². The molecule has 0 radical (unpaired) electrons. The molecule has 30 heavy (non-hydrogen) atoms. The molecule has 5 unspecified atom stereocenters. The van der Waals surface area contributed by atoms with Crippen LogP contribution in [-0.2, 0) is 19.1 Å². The van der Waals surface area contributed by atoms with Gasteiger partial charge in [0.05, 0.1) is 0 Å². The zero-order chi connectivity index (χ0) is 21.8. The van der Waals surface area contributed by atoms with Gasteiger partial charge in [-0.15, -0.1) is 0 Å². The van der Waals surface area contributed by atoms with Crippen molar-refractivity contribution in [3.05, 3.63) is 12.2 Å². The monoisotopic (exact) mass is 414 g/mol. The summed E-state index contributed by atoms with van der Waals surface area (Å²) in [4.78, 5) is 36.4. The average Bonchev–Trinajstić information content (AvgIpc) is 3.04. The maximum absolute atomic E-state index is 12.5. The lowest BCUT2D eigenvalue weighted by Gasteiger charge is -2.64. The molecule has 0 heterocycles. The van der Waals surface area contributed by atoms with Crippen molar-refractivity contribution in [3.63, 3.8) is 0 Å². The van der Waals surface area contributed by atoms with E-state index in [1.807, 2.05) is 0 Å². The third-order valence-electron chi connectivity index (χ3n) is 10.1. The molecular weight excluding hydrogens is 376 g/mol. The van der Waals surface area contributed by atoms with Crippen molar-refractivity contribution in [2.24, 2.45) is 52.3 Å². The molecule has 0 aliphatic heterocycles. The summed E-state index contributed by atoms with van der Waals surface area (Å²) in [5.74, 6) is 1.15. The third-order valence-corrected chi connectivity index (χ3v) is 10.1. The third kappa shape index (κ3) is 3.04. The highest BCUT2D eigenvalue weighted by molar-refractivity contribution is 5.67. The molecule has 4 nitrogen and oxygen atoms in total. The first kappa shape index (κ1) is 21.8. The van der Waals surface area contributed by atoms with Gasteiger partial charge in [-0.05, 0) is 92.3 Å². The summed E-state index contributed by atoms with van der Waals surface area (Å²) in [6.07, 6.45) is 9.20. The standard InChI is InChI=1S/C26H38O4/c1-15(2)20-6-7-21-24-19(14-28)18(13-27)23-12-17(30-16(3)29)8-10-26(23,5)22(24)9-11-25(20,21)4/h13-14,17-24H,1,6-12H2,2-5H3/t17-,18-,19?,20+,21?,22?,23?,24?,25+,26+/m0/s1. The molecule has 4 rings (SSSR count). The van der Waals surface area contributed by atoms with Crippen molar-refractivity contribution in [2.75, 3.05) is 0 Å². The predicted octanol–water partition coefficient (Wildman–Crippen LogP) is 5.00. The van der Waals surface area contributed by atoms with Gasteiger partial charge in [-0.2, -0.15) is 0 Å². The number of hydrogen-bond acceptors (Lipinski definition) is 4. The van der Waals surface area contributed by atoms with Gasteiger partial charge in [0.2, 0.25) is 0 Å². The molecule has 0 bridgehead atoms. The van der Waals surface area contributed by atoms with E-state index in [2.05, 4.69) is 27.4 Å². The van der Waals surface area contributed by atoms with E-state index < -0.39 is 0 Å². The SMILES string of the molecule is C=C(C)[C@H]1CCC2C3C(C=O)[C@H](C=O)C4C[C@@H](OC(C)=O)CC[C@]4(C)C3CC[C@@]21C. The Morgan fingerprint density at radius 2 is 1.53 bits per heavy atom. The van der Waals surface area contributed by atoms with Crippen LogP contribution in [-0.4, -0.2) is 24.6 Å². The number of aldehydes is 2. The Kier molecular flexibility index (Phi) is 5.51. The van der Waals surface area contributed by atoms with E-state index in [4.69, 9.17) is 4.74 Å². The second kappa shape index (κ2) is 7.60. The second-order valence-corrected chi connectivity index (χ2v) is 11.4. The fourth-order valence-electron chi connectivity index (χ4n) is 8.93. The summed E-state index contributed by atoms with van der Waals surface area (Å²) < 4.78 is 5.56. The number of ether oxygens (including phenoxy) is 1. The van der Waals surface area contributed by atoms with Crippen LogP contribution in [0.4, 0.5) is 0 Å². The highest BCUT2D eigenvalue weighted by Gasteiger charge is 2.65. The maximum Gasteiger partial charge on any atom is 0.302 e. The molecule has 4 saturated carbocycles. The van der Waals surface area contributed by atoms with Gasteiger partial charge in [0.25, 0.3) is 0 Å². The van der Waals surface area contributed by atoms with Crippen LogP contribution < -0.4 is 0 Å². The number of allylic oxidation sites excluding steroid dienone is 1. The Balaban J connectivity index is 1.71. The quantitative estimate of drug-likeness (QED) is 0.369. The highest BCUT2D eigenvalue weighted by Crippen LogP contribution is 2.70. The minimum absolute atomic E-state index is 0.0367. The van der Waals surface area contributed by atoms with E-state index >= 15 is 0 Å². The second-order valence-electron chi connectivity index (χ2n) is 11.4. The van der Waals surface area contributed by atoms with Gasteiger partial charge in [-0.25, -0.2) is 0 Å². The minimum Gasteiger partial charge on any atom is -0.463 e. The zero-order valence-corrected chi connectivity index (χ0v) is 19.1. The van der Waals surface area contributed by atoms with E-state index in [-0.39, 0.29) is 46.6 Å². The zero-order valence-electron chi connectivity index (χ0n) is 19.1. The van der Waals surface area contributed by atoms with Crippen molar-refractivity contribution < 1.29 is 19.1 Å². The first-order chi connectivity index (χ1) is 14.2. The smallest absolute Gasteiger partial charge is 0.302 e. The molecule has 0 aromatic carbocycles. The Bertz CT molecular complexity index is 743. The molecule has 0 N–H and O–H groups in total. The lowest BCUT2D eigenvalue weighted by atomic mass is 9.40. The maximum atomic E-state index is 12.5. The summed E-state index contributed by atoms with van der Waals surface area (Å²) in [5, 5.41) is 0. The summed E-state index contributed by atoms with van der Waals surface area (Å²) in [6, 6.07) is 0. The van der Waals surface area contributed by atoms with Crippen LogP contribution in [0.2, 0.25) is 0 Å². The number of hydrogen-bond donors (Lipinski definition) is 0. The first-order valence-electron chi connectivity index (χ1n) is 11.9. The van der Waals surface area contributed by atoms with Gasteiger partial charge in [0.1, 0.15) is 18.7 Å². The van der Waals surface area contributed by atoms with E-state index in [1.165, 1.54) is 18.9 Å². The van der Waals surface area contributed by atoms with Crippen molar-refractivity contribution in [1.82, 2.24) is 0 Å². The van der Waals surface area contributed by atoms with Crippen LogP contribution in [0.3, 0.4) is 0 Å². The molecule has 0 spiro atoms. The van der Waals surface area contributed by atoms with Crippen LogP contribution in [0.15, 0.2) is 12.2 Å². The van der Waals surface area contributed by atoms with Crippen LogP contribution in [0.5, 0.6) is 0 Å². The van der Waals surface area contributed by atoms with Gasteiger partial charge in [0, 0.05) is 18.8 Å². The van der Waals surface area contributed by atoms with Gasteiger partial charge < -0.3 is 14.3 Å². The molecule has 0 aromatic heterocycles. The van der Waals surface area contributed by atoms with E-state index in [0.29, 0.717) is 24.2 Å². The predicted molar refractivity (Wildman–Crippen MR) is 115 cm³/mol. The van der Waals surface area contributed by atoms with E-state index in [9.17, 15) is 14.4 Å². The lowest BCUT2D eigenvalue weighted by molar-refractivity contribution is -0.184. The largest absolute Gasteiger partial charge is 0.463 e. The Morgan fingerprint density at radius 3 is 2.13 bits per heavy atom. The Morgan fingerprint density at radius 1 is 0.900 bits per heavy atom. The van der Waals surface area contributed by atoms with Gasteiger partial charge >= 0.3 is 5.97 Å². The Labute approximate surface area is 181 Å². The molecule has 10 atom stereocenters. The summed E-state index contributed by atoms with van der Waals surface area (Å²) in [7, 11) is 0. The fourth-order valence-corrected chi connectivity index (χ4v) is 8.93. The number of rotatable bonds is 4. The van der Waals surface area contributed by atoms with Crippen molar-refractivity contribution in [2.45, 2.75) is 78.7 Å². The highest BCUT2D eigenvalue weighted by atomic mass is 16.5. The average molecular weight is 415 g/mol. The summed E-state index contributed by atoms with van der Waals surface area (Å²) in [6.45, 7) is 12.7. The van der Waals surface area contributed by atoms with Crippen LogP contribution >= 0.6 is 0 Å². The molecule has 4 aliphatic rings. The number of esters is 1. The summed E-state index contributed by atoms with van der Waals surface area (Å²) in [5.41, 5.74) is 1.50. The number of carbonyl (C=O) groups is 3. The molecule has 4 fully saturated rings. The fraction of sp³-hybridized carbons (Fsp3) is 0.808. The van der Waals surface area contributed by atoms with Crippen molar-refractivity contribution >= 4 is 18.5 Å². The van der Waals surface area contributed by atoms with Gasteiger partial charge in [0.15, 0.2) is 0 Å². The van der Waals surface area contributed by atoms with E-state index in [0.717, 1.165) is 44.7 Å². The molecule has 0 amide bonds. The molecule has 166 valence electrons. The number of carbonyl (C=O) groups excluding carboxylic acids is 3. The number of fused-ring (bicyclic) bond motifs is 5. The molecule has 4 heteroatoms. The molecular formula is C26H38O4. The Hall–Kier alpha value is -1.45. The van der Waals surface area contributed by atoms with Crippen molar-refractivity contribution in [3.8, 4) is 0 Å².